The van der Waals surface area contributed by atoms with E-state index in [1.54, 1.807) is 4.90 Å². The maximum absolute atomic E-state index is 13.3. The highest BCUT2D eigenvalue weighted by atomic mass is 32.2. The van der Waals surface area contributed by atoms with Crippen LogP contribution in [-0.2, 0) is 19.6 Å². The molecule has 1 aliphatic rings. The molecular weight excluding hydrogens is 349 g/mol. The maximum Gasteiger partial charge on any atom is 0.240 e. The van der Waals surface area contributed by atoms with Gasteiger partial charge in [-0.25, -0.2) is 17.5 Å². The van der Waals surface area contributed by atoms with Gasteiger partial charge in [-0.2, -0.15) is 0 Å². The number of carbonyl (C=O) groups is 1. The number of halogens is 1. The highest BCUT2D eigenvalue weighted by molar-refractivity contribution is 7.89. The molecule has 1 heterocycles. The summed E-state index contributed by atoms with van der Waals surface area (Å²) in [5, 5.41) is 0. The molecule has 9 heteroatoms. The highest BCUT2D eigenvalue weighted by Crippen LogP contribution is 2.16. The van der Waals surface area contributed by atoms with Crippen LogP contribution in [0.25, 0.3) is 0 Å². The number of nitrogens with zero attached hydrogens (tertiary/aromatic N) is 1. The lowest BCUT2D eigenvalue weighted by atomic mass is 10.1. The van der Waals surface area contributed by atoms with Gasteiger partial charge in [-0.05, 0) is 31.0 Å². The standard InChI is InChI=1S/C16H24FN3O4S/c1-24-14(10-18)9-16(21)20-7-3-5-13(11-20)19-25(22,23)15-6-2-4-12(17)8-15/h2,4,6,8,13-14,19H,3,5,7,9-11,18H2,1H3. The number of benzene rings is 1. The topological polar surface area (TPSA) is 102 Å². The van der Waals surface area contributed by atoms with Crippen molar-refractivity contribution < 1.29 is 22.3 Å². The Bertz CT molecular complexity index is 694. The Morgan fingerprint density at radius 3 is 2.92 bits per heavy atom. The Morgan fingerprint density at radius 1 is 1.52 bits per heavy atom. The number of piperidine rings is 1. The van der Waals surface area contributed by atoms with Crippen LogP contribution in [0.15, 0.2) is 29.2 Å². The van der Waals surface area contributed by atoms with Gasteiger partial charge in [0, 0.05) is 32.8 Å². The molecule has 2 unspecified atom stereocenters. The molecule has 1 aliphatic heterocycles. The normalized spacial score (nSPS) is 19.6. The molecule has 7 nitrogen and oxygen atoms in total. The number of rotatable bonds is 7. The zero-order valence-corrected chi connectivity index (χ0v) is 15.0. The molecule has 0 aromatic heterocycles. The van der Waals surface area contributed by atoms with E-state index >= 15 is 0 Å². The zero-order chi connectivity index (χ0) is 18.4. The van der Waals surface area contributed by atoms with Crippen LogP contribution in [0.1, 0.15) is 19.3 Å². The van der Waals surface area contributed by atoms with E-state index in [0.29, 0.717) is 19.4 Å². The second-order valence-electron chi connectivity index (χ2n) is 6.06. The molecule has 3 N–H and O–H groups in total. The summed E-state index contributed by atoms with van der Waals surface area (Å²) in [6.07, 6.45) is 1.11. The molecule has 0 saturated carbocycles. The number of nitrogens with two attached hydrogens (primary N) is 1. The summed E-state index contributed by atoms with van der Waals surface area (Å²) in [6.45, 7) is 1.08. The number of sulfonamides is 1. The molecule has 0 spiro atoms. The van der Waals surface area contributed by atoms with Crippen molar-refractivity contribution in [1.82, 2.24) is 9.62 Å². The largest absolute Gasteiger partial charge is 0.380 e. The van der Waals surface area contributed by atoms with Gasteiger partial charge in [0.25, 0.3) is 0 Å². The number of nitrogens with one attached hydrogen (secondary N) is 1. The summed E-state index contributed by atoms with van der Waals surface area (Å²) >= 11 is 0. The Hall–Kier alpha value is -1.55. The summed E-state index contributed by atoms with van der Waals surface area (Å²) in [5.74, 6) is -0.734. The lowest BCUT2D eigenvalue weighted by Gasteiger charge is -2.33. The summed E-state index contributed by atoms with van der Waals surface area (Å²) < 4.78 is 45.7. The molecule has 2 atom stereocenters. The van der Waals surface area contributed by atoms with Gasteiger partial charge >= 0.3 is 0 Å². The van der Waals surface area contributed by atoms with E-state index in [1.165, 1.54) is 25.3 Å². The first-order chi connectivity index (χ1) is 11.9. The van der Waals surface area contributed by atoms with Crippen molar-refractivity contribution in [3.8, 4) is 0 Å². The van der Waals surface area contributed by atoms with Crippen molar-refractivity contribution in [2.45, 2.75) is 36.3 Å². The van der Waals surface area contributed by atoms with Crippen LogP contribution in [0, 0.1) is 5.82 Å². The zero-order valence-electron chi connectivity index (χ0n) is 14.2. The van der Waals surface area contributed by atoms with Crippen LogP contribution in [0.2, 0.25) is 0 Å². The van der Waals surface area contributed by atoms with Crippen LogP contribution in [0.4, 0.5) is 4.39 Å². The van der Waals surface area contributed by atoms with Gasteiger partial charge in [0.15, 0.2) is 0 Å². The number of carbonyl (C=O) groups excluding carboxylic acids is 1. The van der Waals surface area contributed by atoms with Gasteiger partial charge in [-0.15, -0.1) is 0 Å². The summed E-state index contributed by atoms with van der Waals surface area (Å²) in [7, 11) is -2.34. The van der Waals surface area contributed by atoms with E-state index < -0.39 is 21.9 Å². The second kappa shape index (κ2) is 8.70. The van der Waals surface area contributed by atoms with Gasteiger partial charge in [-0.3, -0.25) is 4.79 Å². The molecule has 0 bridgehead atoms. The molecule has 1 fully saturated rings. The number of likely N-dealkylation sites (tertiary alicyclic amines) is 1. The Morgan fingerprint density at radius 2 is 2.28 bits per heavy atom. The summed E-state index contributed by atoms with van der Waals surface area (Å²) in [6, 6.07) is 4.42. The predicted octanol–water partition coefficient (Wildman–Crippen LogP) is 0.459. The van der Waals surface area contributed by atoms with E-state index in [0.717, 1.165) is 6.07 Å². The van der Waals surface area contributed by atoms with Crippen molar-refractivity contribution in [2.75, 3.05) is 26.7 Å². The van der Waals surface area contributed by atoms with Crippen molar-refractivity contribution in [3.05, 3.63) is 30.1 Å². The molecule has 25 heavy (non-hydrogen) atoms. The number of hydrogen-bond acceptors (Lipinski definition) is 5. The van der Waals surface area contributed by atoms with Crippen LogP contribution in [0.3, 0.4) is 0 Å². The van der Waals surface area contributed by atoms with Crippen molar-refractivity contribution >= 4 is 15.9 Å². The third-order valence-corrected chi connectivity index (χ3v) is 5.72. The Balaban J connectivity index is 2.00. The van der Waals surface area contributed by atoms with Gasteiger partial charge < -0.3 is 15.4 Å². The van der Waals surface area contributed by atoms with Crippen molar-refractivity contribution in [1.29, 1.82) is 0 Å². The first-order valence-electron chi connectivity index (χ1n) is 8.14. The molecular formula is C16H24FN3O4S. The fourth-order valence-corrected chi connectivity index (χ4v) is 4.10. The Labute approximate surface area is 147 Å². The van der Waals surface area contributed by atoms with E-state index in [9.17, 15) is 17.6 Å². The minimum atomic E-state index is -3.84. The van der Waals surface area contributed by atoms with E-state index in [2.05, 4.69) is 4.72 Å². The first kappa shape index (κ1) is 19.8. The fourth-order valence-electron chi connectivity index (χ4n) is 2.81. The molecule has 1 saturated heterocycles. The quantitative estimate of drug-likeness (QED) is 0.723. The third-order valence-electron chi connectivity index (χ3n) is 4.20. The van der Waals surface area contributed by atoms with Crippen LogP contribution >= 0.6 is 0 Å². The van der Waals surface area contributed by atoms with Gasteiger partial charge in [-0.1, -0.05) is 6.07 Å². The summed E-state index contributed by atoms with van der Waals surface area (Å²) in [4.78, 5) is 13.8. The van der Waals surface area contributed by atoms with E-state index in [1.807, 2.05) is 0 Å². The molecule has 0 radical (unpaired) electrons. The first-order valence-corrected chi connectivity index (χ1v) is 9.62. The second-order valence-corrected chi connectivity index (χ2v) is 7.77. The maximum atomic E-state index is 13.3. The van der Waals surface area contributed by atoms with Crippen molar-refractivity contribution in [2.24, 2.45) is 5.73 Å². The smallest absolute Gasteiger partial charge is 0.240 e. The minimum Gasteiger partial charge on any atom is -0.380 e. The molecule has 2 rings (SSSR count). The number of hydrogen-bond donors (Lipinski definition) is 2. The van der Waals surface area contributed by atoms with Crippen LogP contribution in [-0.4, -0.2) is 58.1 Å². The van der Waals surface area contributed by atoms with Gasteiger partial charge in [0.2, 0.25) is 15.9 Å². The molecule has 140 valence electrons. The van der Waals surface area contributed by atoms with Gasteiger partial charge in [0.05, 0.1) is 17.4 Å². The predicted molar refractivity (Wildman–Crippen MR) is 90.8 cm³/mol. The molecule has 1 aromatic carbocycles. The van der Waals surface area contributed by atoms with Crippen LogP contribution < -0.4 is 10.5 Å². The summed E-state index contributed by atoms with van der Waals surface area (Å²) in [5.41, 5.74) is 5.53. The fraction of sp³-hybridized carbons (Fsp3) is 0.562. The Kier molecular flexibility index (Phi) is 6.88. The molecule has 1 aromatic rings. The average molecular weight is 373 g/mol. The lowest BCUT2D eigenvalue weighted by Crippen LogP contribution is -2.50. The average Bonchev–Trinajstić information content (AvgIpc) is 2.59. The highest BCUT2D eigenvalue weighted by Gasteiger charge is 2.28. The third kappa shape index (κ3) is 5.46. The lowest BCUT2D eigenvalue weighted by molar-refractivity contribution is -0.134. The number of ether oxygens (including phenoxy) is 1. The monoisotopic (exact) mass is 373 g/mol. The van der Waals surface area contributed by atoms with Crippen molar-refractivity contribution in [3.63, 3.8) is 0 Å². The van der Waals surface area contributed by atoms with E-state index in [4.69, 9.17) is 10.5 Å². The SMILES string of the molecule is COC(CN)CC(=O)N1CCCC(NS(=O)(=O)c2cccc(F)c2)C1. The minimum absolute atomic E-state index is 0.119. The molecule has 1 amide bonds. The number of methoxy groups -OCH3 is 1. The van der Waals surface area contributed by atoms with Gasteiger partial charge in [0.1, 0.15) is 5.82 Å². The van der Waals surface area contributed by atoms with Crippen LogP contribution in [0.5, 0.6) is 0 Å². The van der Waals surface area contributed by atoms with E-state index in [-0.39, 0.29) is 36.4 Å². The molecule has 0 aliphatic carbocycles. The number of amides is 1.